The molecule has 1 fully saturated rings. The van der Waals surface area contributed by atoms with E-state index in [1.54, 1.807) is 6.92 Å². The molecule has 0 aromatic heterocycles. The van der Waals surface area contributed by atoms with Gasteiger partial charge >= 0.3 is 0 Å². The summed E-state index contributed by atoms with van der Waals surface area (Å²) in [5, 5.41) is 2.93. The van der Waals surface area contributed by atoms with E-state index in [0.717, 1.165) is 41.2 Å². The zero-order chi connectivity index (χ0) is 20.1. The topological polar surface area (TPSA) is 47.6 Å². The van der Waals surface area contributed by atoms with Crippen LogP contribution >= 0.6 is 0 Å². The van der Waals surface area contributed by atoms with Gasteiger partial charge in [0.2, 0.25) is 0 Å². The van der Waals surface area contributed by atoms with E-state index in [-0.39, 0.29) is 5.91 Å². The largest absolute Gasteiger partial charge is 0.490 e. The number of carbonyl (C=O) groups is 1. The molecule has 0 bridgehead atoms. The highest BCUT2D eigenvalue weighted by Gasteiger charge is 2.19. The summed E-state index contributed by atoms with van der Waals surface area (Å²) in [5.74, 6) is 1.80. The number of hydrogen-bond acceptors (Lipinski definition) is 3. The van der Waals surface area contributed by atoms with Gasteiger partial charge in [0.15, 0.2) is 6.10 Å². The zero-order valence-corrected chi connectivity index (χ0v) is 17.3. The summed E-state index contributed by atoms with van der Waals surface area (Å²) in [6.07, 6.45) is 4.49. The van der Waals surface area contributed by atoms with Gasteiger partial charge < -0.3 is 14.8 Å². The summed E-state index contributed by atoms with van der Waals surface area (Å²) in [6, 6.07) is 13.7. The number of anilines is 1. The molecular formula is C24H31NO3. The fourth-order valence-corrected chi connectivity index (χ4v) is 3.52. The molecule has 1 N–H and O–H groups in total. The second kappa shape index (κ2) is 9.13. The quantitative estimate of drug-likeness (QED) is 0.655. The molecule has 0 unspecified atom stereocenters. The molecular weight excluding hydrogens is 350 g/mol. The van der Waals surface area contributed by atoms with Crippen molar-refractivity contribution in [2.24, 2.45) is 0 Å². The van der Waals surface area contributed by atoms with E-state index in [2.05, 4.69) is 31.3 Å². The van der Waals surface area contributed by atoms with Crippen LogP contribution in [0, 0.1) is 6.92 Å². The number of nitrogens with one attached hydrogen (secondary N) is 1. The Morgan fingerprint density at radius 1 is 1.04 bits per heavy atom. The molecule has 2 aromatic rings. The van der Waals surface area contributed by atoms with Crippen LogP contribution in [0.5, 0.6) is 11.5 Å². The van der Waals surface area contributed by atoms with E-state index >= 15 is 0 Å². The second-order valence-electron chi connectivity index (χ2n) is 7.99. The highest BCUT2D eigenvalue weighted by atomic mass is 16.5. The summed E-state index contributed by atoms with van der Waals surface area (Å²) in [5.41, 5.74) is 2.97. The molecule has 1 aliphatic carbocycles. The fourth-order valence-electron chi connectivity index (χ4n) is 3.52. The van der Waals surface area contributed by atoms with Gasteiger partial charge in [0.25, 0.3) is 5.91 Å². The van der Waals surface area contributed by atoms with Crippen LogP contribution < -0.4 is 14.8 Å². The van der Waals surface area contributed by atoms with Gasteiger partial charge in [-0.05, 0) is 86.9 Å². The van der Waals surface area contributed by atoms with E-state index in [4.69, 9.17) is 9.47 Å². The first kappa shape index (κ1) is 20.2. The fraction of sp³-hybridized carbons (Fsp3) is 0.458. The Kier molecular flexibility index (Phi) is 6.61. The number of benzene rings is 2. The smallest absolute Gasteiger partial charge is 0.265 e. The van der Waals surface area contributed by atoms with Gasteiger partial charge in [-0.3, -0.25) is 4.79 Å². The van der Waals surface area contributed by atoms with Gasteiger partial charge in [-0.1, -0.05) is 26.0 Å². The summed E-state index contributed by atoms with van der Waals surface area (Å²) < 4.78 is 12.0. The minimum Gasteiger partial charge on any atom is -0.490 e. The summed E-state index contributed by atoms with van der Waals surface area (Å²) >= 11 is 0. The maximum Gasteiger partial charge on any atom is 0.265 e. The van der Waals surface area contributed by atoms with Crippen LogP contribution in [0.3, 0.4) is 0 Å². The molecule has 1 amide bonds. The predicted molar refractivity (Wildman–Crippen MR) is 113 cm³/mol. The lowest BCUT2D eigenvalue weighted by atomic mass is 10.0. The van der Waals surface area contributed by atoms with Gasteiger partial charge in [0.05, 0.1) is 6.10 Å². The van der Waals surface area contributed by atoms with Crippen molar-refractivity contribution in [1.29, 1.82) is 0 Å². The van der Waals surface area contributed by atoms with Gasteiger partial charge in [-0.2, -0.15) is 0 Å². The minimum atomic E-state index is -0.589. The zero-order valence-electron chi connectivity index (χ0n) is 17.3. The Hall–Kier alpha value is -2.49. The van der Waals surface area contributed by atoms with Crippen molar-refractivity contribution >= 4 is 11.6 Å². The lowest BCUT2D eigenvalue weighted by Gasteiger charge is -2.19. The number of hydrogen-bond donors (Lipinski definition) is 1. The molecule has 3 rings (SSSR count). The number of aryl methyl sites for hydroxylation is 1. The molecule has 2 aromatic carbocycles. The van der Waals surface area contributed by atoms with Gasteiger partial charge in [0, 0.05) is 5.69 Å². The average molecular weight is 382 g/mol. The normalized spacial score (nSPS) is 15.5. The van der Waals surface area contributed by atoms with E-state index in [1.165, 1.54) is 12.8 Å². The molecule has 0 aliphatic heterocycles. The van der Waals surface area contributed by atoms with Crippen molar-refractivity contribution in [3.05, 3.63) is 53.6 Å². The third-order valence-electron chi connectivity index (χ3n) is 5.19. The van der Waals surface area contributed by atoms with Gasteiger partial charge in [-0.15, -0.1) is 0 Å². The summed E-state index contributed by atoms with van der Waals surface area (Å²) in [7, 11) is 0. The molecule has 0 spiro atoms. The number of rotatable bonds is 7. The maximum absolute atomic E-state index is 12.6. The Balaban J connectivity index is 1.59. The van der Waals surface area contributed by atoms with Crippen LogP contribution in [-0.4, -0.2) is 18.1 Å². The number of ether oxygens (including phenoxy) is 2. The summed E-state index contributed by atoms with van der Waals surface area (Å²) in [4.78, 5) is 12.6. The molecule has 28 heavy (non-hydrogen) atoms. The van der Waals surface area contributed by atoms with Gasteiger partial charge in [-0.25, -0.2) is 0 Å². The van der Waals surface area contributed by atoms with Crippen molar-refractivity contribution in [1.82, 2.24) is 0 Å². The van der Waals surface area contributed by atoms with Crippen molar-refractivity contribution in [2.75, 3.05) is 5.32 Å². The molecule has 150 valence electrons. The van der Waals surface area contributed by atoms with Crippen LogP contribution in [-0.2, 0) is 4.79 Å². The Morgan fingerprint density at radius 2 is 1.71 bits per heavy atom. The molecule has 1 saturated carbocycles. The van der Waals surface area contributed by atoms with E-state index in [9.17, 15) is 4.79 Å². The van der Waals surface area contributed by atoms with Crippen molar-refractivity contribution in [3.8, 4) is 11.5 Å². The van der Waals surface area contributed by atoms with Crippen LogP contribution in [0.2, 0.25) is 0 Å². The third-order valence-corrected chi connectivity index (χ3v) is 5.19. The highest BCUT2D eigenvalue weighted by molar-refractivity contribution is 5.94. The monoisotopic (exact) mass is 381 g/mol. The Morgan fingerprint density at radius 3 is 2.36 bits per heavy atom. The first-order valence-corrected chi connectivity index (χ1v) is 10.3. The number of carbonyl (C=O) groups excluding carboxylic acids is 1. The van der Waals surface area contributed by atoms with Crippen molar-refractivity contribution in [2.45, 2.75) is 71.5 Å². The first-order chi connectivity index (χ1) is 13.4. The van der Waals surface area contributed by atoms with E-state index in [1.807, 2.05) is 37.3 Å². The molecule has 1 atom stereocenters. The van der Waals surface area contributed by atoms with Crippen LogP contribution in [0.25, 0.3) is 0 Å². The average Bonchev–Trinajstić information content (AvgIpc) is 3.16. The maximum atomic E-state index is 12.6. The molecule has 1 aliphatic rings. The lowest BCUT2D eigenvalue weighted by molar-refractivity contribution is -0.122. The van der Waals surface area contributed by atoms with Crippen molar-refractivity contribution < 1.29 is 14.3 Å². The van der Waals surface area contributed by atoms with E-state index in [0.29, 0.717) is 12.0 Å². The standard InChI is InChI=1S/C24H31NO3/c1-16(2)22-14-9-17(3)15-23(22)27-18(4)24(26)25-19-10-12-21(13-11-19)28-20-7-5-6-8-20/h9-16,18,20H,5-8H2,1-4H3,(H,25,26)/t18-/m0/s1. The molecule has 0 radical (unpaired) electrons. The molecule has 0 heterocycles. The SMILES string of the molecule is Cc1ccc(C(C)C)c(O[C@@H](C)C(=O)Nc2ccc(OC3CCCC3)cc2)c1. The van der Waals surface area contributed by atoms with Gasteiger partial charge in [0.1, 0.15) is 11.5 Å². The van der Waals surface area contributed by atoms with E-state index < -0.39 is 6.10 Å². The highest BCUT2D eigenvalue weighted by Crippen LogP contribution is 2.29. The second-order valence-corrected chi connectivity index (χ2v) is 7.99. The third kappa shape index (κ3) is 5.28. The Labute approximate surface area is 168 Å². The summed E-state index contributed by atoms with van der Waals surface area (Å²) in [6.45, 7) is 8.05. The molecule has 4 heteroatoms. The first-order valence-electron chi connectivity index (χ1n) is 10.3. The van der Waals surface area contributed by atoms with Crippen LogP contribution in [0.4, 0.5) is 5.69 Å². The van der Waals surface area contributed by atoms with Crippen LogP contribution in [0.15, 0.2) is 42.5 Å². The molecule has 4 nitrogen and oxygen atoms in total. The Bertz CT molecular complexity index is 792. The number of amides is 1. The minimum absolute atomic E-state index is 0.166. The molecule has 0 saturated heterocycles. The lowest BCUT2D eigenvalue weighted by Crippen LogP contribution is -2.30. The van der Waals surface area contributed by atoms with Crippen LogP contribution in [0.1, 0.15) is 63.5 Å². The predicted octanol–water partition coefficient (Wildman–Crippen LogP) is 5.85. The van der Waals surface area contributed by atoms with Crippen molar-refractivity contribution in [3.63, 3.8) is 0 Å².